The van der Waals surface area contributed by atoms with Gasteiger partial charge in [0, 0.05) is 5.56 Å². The fourth-order valence-electron chi connectivity index (χ4n) is 2.10. The van der Waals surface area contributed by atoms with Crippen molar-refractivity contribution >= 4 is 55.3 Å². The Bertz CT molecular complexity index is 1020. The van der Waals surface area contributed by atoms with Gasteiger partial charge in [-0.15, -0.1) is 11.3 Å². The minimum atomic E-state index is -3.77. The molecular formula is C17H15BrN2O3S2. The Morgan fingerprint density at radius 1 is 1.16 bits per heavy atom. The van der Waals surface area contributed by atoms with Crippen LogP contribution >= 0.6 is 27.3 Å². The average Bonchev–Trinajstić information content (AvgIpc) is 3.17. The molecule has 8 heteroatoms. The van der Waals surface area contributed by atoms with Crippen LogP contribution in [0.2, 0.25) is 0 Å². The van der Waals surface area contributed by atoms with Crippen molar-refractivity contribution in [2.45, 2.75) is 18.1 Å². The number of hydrogen-bond donors (Lipinski definition) is 1. The summed E-state index contributed by atoms with van der Waals surface area (Å²) in [6.45, 7) is 3.73. The first-order valence-corrected chi connectivity index (χ1v) is 10.5. The number of nitrogens with one attached hydrogen (secondary N) is 1. The van der Waals surface area contributed by atoms with Gasteiger partial charge in [0.25, 0.3) is 15.9 Å². The molecule has 1 aromatic carbocycles. The number of rotatable bonds is 5. The van der Waals surface area contributed by atoms with E-state index in [9.17, 15) is 8.42 Å². The van der Waals surface area contributed by atoms with Crippen molar-refractivity contribution in [2.75, 3.05) is 4.72 Å². The highest BCUT2D eigenvalue weighted by Gasteiger charge is 2.23. The van der Waals surface area contributed by atoms with Gasteiger partial charge in [-0.25, -0.2) is 13.1 Å². The number of thiophene rings is 1. The largest absolute Gasteiger partial charge is 0.336 e. The predicted octanol–water partition coefficient (Wildman–Crippen LogP) is 5.09. The Morgan fingerprint density at radius 3 is 2.52 bits per heavy atom. The van der Waals surface area contributed by atoms with Crippen LogP contribution in [0.3, 0.4) is 0 Å². The highest BCUT2D eigenvalue weighted by Crippen LogP contribution is 2.31. The van der Waals surface area contributed by atoms with Gasteiger partial charge in [-0.2, -0.15) is 0 Å². The first kappa shape index (κ1) is 17.9. The Labute approximate surface area is 158 Å². The van der Waals surface area contributed by atoms with Crippen molar-refractivity contribution < 1.29 is 12.9 Å². The van der Waals surface area contributed by atoms with E-state index in [0.29, 0.717) is 15.7 Å². The maximum absolute atomic E-state index is 12.7. The van der Waals surface area contributed by atoms with E-state index in [1.165, 1.54) is 5.56 Å². The molecule has 0 fully saturated rings. The molecule has 0 saturated carbocycles. The third-order valence-corrected chi connectivity index (χ3v) is 7.23. The Kier molecular flexibility index (Phi) is 5.12. The van der Waals surface area contributed by atoms with E-state index < -0.39 is 10.0 Å². The van der Waals surface area contributed by atoms with Crippen molar-refractivity contribution in [1.82, 2.24) is 5.16 Å². The molecule has 25 heavy (non-hydrogen) atoms. The summed E-state index contributed by atoms with van der Waals surface area (Å²) in [5.74, 6) is 0.0689. The number of anilines is 1. The van der Waals surface area contributed by atoms with Crippen LogP contribution < -0.4 is 4.72 Å². The molecule has 0 spiro atoms. The van der Waals surface area contributed by atoms with Gasteiger partial charge in [-0.3, -0.25) is 0 Å². The molecular weight excluding hydrogens is 424 g/mol. The molecule has 0 bridgehead atoms. The Morgan fingerprint density at radius 2 is 1.88 bits per heavy atom. The van der Waals surface area contributed by atoms with Gasteiger partial charge in [0.05, 0.1) is 5.69 Å². The normalized spacial score (nSPS) is 12.0. The molecule has 0 saturated heterocycles. The van der Waals surface area contributed by atoms with E-state index in [4.69, 9.17) is 4.52 Å². The molecule has 0 radical (unpaired) electrons. The monoisotopic (exact) mass is 438 g/mol. The first-order chi connectivity index (χ1) is 11.9. The first-order valence-electron chi connectivity index (χ1n) is 7.33. The number of aromatic nitrogens is 1. The zero-order valence-electron chi connectivity index (χ0n) is 13.5. The van der Waals surface area contributed by atoms with Crippen LogP contribution in [0.25, 0.3) is 12.2 Å². The third-order valence-electron chi connectivity index (χ3n) is 3.45. The fraction of sp³-hybridized carbons (Fsp3) is 0.118. The van der Waals surface area contributed by atoms with Crippen molar-refractivity contribution in [1.29, 1.82) is 0 Å². The maximum Gasteiger partial charge on any atom is 0.274 e. The second kappa shape index (κ2) is 7.15. The van der Waals surface area contributed by atoms with Crippen LogP contribution in [0.1, 0.15) is 22.4 Å². The van der Waals surface area contributed by atoms with Gasteiger partial charge < -0.3 is 4.52 Å². The molecule has 0 aliphatic rings. The number of hydrogen-bond acceptors (Lipinski definition) is 5. The molecule has 5 nitrogen and oxygen atoms in total. The van der Waals surface area contributed by atoms with E-state index >= 15 is 0 Å². The molecule has 2 heterocycles. The van der Waals surface area contributed by atoms with Gasteiger partial charge in [-0.1, -0.05) is 47.1 Å². The van der Waals surface area contributed by atoms with Crippen molar-refractivity contribution in [2.24, 2.45) is 0 Å². The SMILES string of the molecule is Cc1ccc(/C=C/c2ccsc2S(=O)(=O)Nc2onc(C)c2Br)cc1. The molecule has 0 amide bonds. The minimum Gasteiger partial charge on any atom is -0.336 e. The Hall–Kier alpha value is -1.90. The van der Waals surface area contributed by atoms with Gasteiger partial charge in [-0.05, 0) is 46.8 Å². The van der Waals surface area contributed by atoms with Crippen molar-refractivity contribution in [3.05, 3.63) is 62.6 Å². The smallest absolute Gasteiger partial charge is 0.274 e. The average molecular weight is 439 g/mol. The number of aryl methyl sites for hydroxylation is 2. The molecule has 2 aromatic heterocycles. The highest BCUT2D eigenvalue weighted by atomic mass is 79.9. The van der Waals surface area contributed by atoms with Gasteiger partial charge in [0.15, 0.2) is 0 Å². The molecule has 0 unspecified atom stereocenters. The second-order valence-corrected chi connectivity index (χ2v) is 9.01. The summed E-state index contributed by atoms with van der Waals surface area (Å²) in [6, 6.07) is 9.76. The maximum atomic E-state index is 12.7. The zero-order valence-corrected chi connectivity index (χ0v) is 16.7. The topological polar surface area (TPSA) is 72.2 Å². The van der Waals surface area contributed by atoms with Crippen molar-refractivity contribution in [3.8, 4) is 0 Å². The van der Waals surface area contributed by atoms with Crippen LogP contribution in [0.4, 0.5) is 5.88 Å². The Balaban J connectivity index is 1.87. The van der Waals surface area contributed by atoms with E-state index in [1.54, 1.807) is 24.4 Å². The number of halogens is 1. The van der Waals surface area contributed by atoms with Crippen LogP contribution in [0.5, 0.6) is 0 Å². The lowest BCUT2D eigenvalue weighted by Gasteiger charge is -2.04. The molecule has 3 aromatic rings. The highest BCUT2D eigenvalue weighted by molar-refractivity contribution is 9.10. The van der Waals surface area contributed by atoms with E-state index in [-0.39, 0.29) is 10.1 Å². The van der Waals surface area contributed by atoms with Gasteiger partial charge in [0.1, 0.15) is 8.68 Å². The third kappa shape index (κ3) is 4.02. The molecule has 0 atom stereocenters. The lowest BCUT2D eigenvalue weighted by Crippen LogP contribution is -2.12. The lowest BCUT2D eigenvalue weighted by atomic mass is 10.1. The van der Waals surface area contributed by atoms with Crippen LogP contribution in [-0.2, 0) is 10.0 Å². The summed E-state index contributed by atoms with van der Waals surface area (Å²) >= 11 is 4.40. The zero-order chi connectivity index (χ0) is 18.0. The minimum absolute atomic E-state index is 0.0689. The predicted molar refractivity (Wildman–Crippen MR) is 104 cm³/mol. The summed E-state index contributed by atoms with van der Waals surface area (Å²) in [4.78, 5) is 0. The second-order valence-electron chi connectivity index (χ2n) is 5.42. The van der Waals surface area contributed by atoms with Gasteiger partial charge >= 0.3 is 0 Å². The van der Waals surface area contributed by atoms with E-state index in [1.807, 2.05) is 37.3 Å². The molecule has 3 rings (SSSR count). The molecule has 0 aliphatic carbocycles. The van der Waals surface area contributed by atoms with Crippen LogP contribution in [-0.4, -0.2) is 13.6 Å². The summed E-state index contributed by atoms with van der Waals surface area (Å²) in [5, 5.41) is 5.47. The van der Waals surface area contributed by atoms with Crippen LogP contribution in [0, 0.1) is 13.8 Å². The number of benzene rings is 1. The number of nitrogens with zero attached hydrogens (tertiary/aromatic N) is 1. The van der Waals surface area contributed by atoms with E-state index in [2.05, 4.69) is 25.8 Å². The van der Waals surface area contributed by atoms with E-state index in [0.717, 1.165) is 16.9 Å². The fourth-order valence-corrected chi connectivity index (χ4v) is 4.81. The quantitative estimate of drug-likeness (QED) is 0.602. The summed E-state index contributed by atoms with van der Waals surface area (Å²) in [6.07, 6.45) is 3.67. The molecule has 0 aliphatic heterocycles. The van der Waals surface area contributed by atoms with Crippen LogP contribution in [0.15, 0.2) is 48.9 Å². The molecule has 1 N–H and O–H groups in total. The summed E-state index contributed by atoms with van der Waals surface area (Å²) < 4.78 is 33.5. The molecule has 130 valence electrons. The summed E-state index contributed by atoms with van der Waals surface area (Å²) in [7, 11) is -3.77. The van der Waals surface area contributed by atoms with Gasteiger partial charge in [0.2, 0.25) is 0 Å². The number of sulfonamides is 1. The standard InChI is InChI=1S/C17H15BrN2O3S2/c1-11-3-5-13(6-4-11)7-8-14-9-10-24-17(14)25(21,22)20-16-15(18)12(2)19-23-16/h3-10,20H,1-2H3/b8-7+. The lowest BCUT2D eigenvalue weighted by molar-refractivity contribution is 0.430. The van der Waals surface area contributed by atoms with Crippen molar-refractivity contribution in [3.63, 3.8) is 0 Å². The summed E-state index contributed by atoms with van der Waals surface area (Å²) in [5.41, 5.74) is 3.36.